The predicted octanol–water partition coefficient (Wildman–Crippen LogP) is 2.28. The fraction of sp³-hybridized carbons (Fsp3) is 0.667. The Kier molecular flexibility index (Phi) is 3.45. The van der Waals surface area contributed by atoms with E-state index < -0.39 is 0 Å². The van der Waals surface area contributed by atoms with E-state index in [-0.39, 0.29) is 5.82 Å². The molecule has 1 aromatic rings. The molecule has 17 heavy (non-hydrogen) atoms. The lowest BCUT2D eigenvalue weighted by atomic mass is 9.92. The molecule has 2 heterocycles. The van der Waals surface area contributed by atoms with Gasteiger partial charge in [-0.2, -0.15) is 4.98 Å². The summed E-state index contributed by atoms with van der Waals surface area (Å²) in [5.74, 6) is 1.11. The first-order valence-electron chi connectivity index (χ1n) is 6.10. The van der Waals surface area contributed by atoms with Crippen molar-refractivity contribution in [3.8, 4) is 0 Å². The van der Waals surface area contributed by atoms with Crippen molar-refractivity contribution in [2.45, 2.75) is 32.7 Å². The predicted molar refractivity (Wildman–Crippen MR) is 66.7 cm³/mol. The van der Waals surface area contributed by atoms with Gasteiger partial charge in [-0.05, 0) is 25.7 Å². The lowest BCUT2D eigenvalue weighted by Crippen LogP contribution is -2.43. The molecule has 94 valence electrons. The number of piperidine rings is 1. The van der Waals surface area contributed by atoms with Crippen LogP contribution in [0.2, 0.25) is 0 Å². The minimum Gasteiger partial charge on any atom is -0.357 e. The minimum absolute atomic E-state index is 0.317. The van der Waals surface area contributed by atoms with Gasteiger partial charge in [0.2, 0.25) is 5.95 Å². The molecule has 1 saturated heterocycles. The fourth-order valence-corrected chi connectivity index (χ4v) is 2.31. The third-order valence-electron chi connectivity index (χ3n) is 3.59. The largest absolute Gasteiger partial charge is 0.357 e. The molecule has 2 unspecified atom stereocenters. The highest BCUT2D eigenvalue weighted by Gasteiger charge is 2.27. The molecule has 0 aromatic carbocycles. The summed E-state index contributed by atoms with van der Waals surface area (Å²) in [6.07, 6.45) is 3.52. The Morgan fingerprint density at radius 2 is 2.24 bits per heavy atom. The zero-order chi connectivity index (χ0) is 12.4. The summed E-state index contributed by atoms with van der Waals surface area (Å²) in [6, 6.07) is 0.317. The summed E-state index contributed by atoms with van der Waals surface area (Å²) in [7, 11) is 1.74. The molecule has 0 spiro atoms. The number of aromatic nitrogens is 2. The van der Waals surface area contributed by atoms with Crippen LogP contribution in [0.3, 0.4) is 0 Å². The van der Waals surface area contributed by atoms with Crippen LogP contribution in [0, 0.1) is 11.7 Å². The zero-order valence-electron chi connectivity index (χ0n) is 10.6. The molecule has 0 radical (unpaired) electrons. The number of hydrogen-bond donors (Lipinski definition) is 1. The SMILES string of the molecule is CNc1ncc(F)c(N2CCCC(C)C2C)n1. The summed E-state index contributed by atoms with van der Waals surface area (Å²) in [4.78, 5) is 10.1. The molecule has 0 bridgehead atoms. The van der Waals surface area contributed by atoms with Crippen LogP contribution >= 0.6 is 0 Å². The quantitative estimate of drug-likeness (QED) is 0.858. The highest BCUT2D eigenvalue weighted by Crippen LogP contribution is 2.28. The van der Waals surface area contributed by atoms with Crippen molar-refractivity contribution in [1.29, 1.82) is 0 Å². The summed E-state index contributed by atoms with van der Waals surface area (Å²) in [5, 5.41) is 2.84. The van der Waals surface area contributed by atoms with Crippen LogP contribution in [-0.2, 0) is 0 Å². The molecule has 1 aliphatic rings. The average Bonchev–Trinajstić information content (AvgIpc) is 2.34. The van der Waals surface area contributed by atoms with Gasteiger partial charge in [-0.25, -0.2) is 9.37 Å². The summed E-state index contributed by atoms with van der Waals surface area (Å²) >= 11 is 0. The van der Waals surface area contributed by atoms with E-state index in [9.17, 15) is 4.39 Å². The zero-order valence-corrected chi connectivity index (χ0v) is 10.6. The molecule has 0 saturated carbocycles. The molecule has 1 N–H and O–H groups in total. The lowest BCUT2D eigenvalue weighted by molar-refractivity contribution is 0.358. The number of nitrogens with one attached hydrogen (secondary N) is 1. The first-order chi connectivity index (χ1) is 8.13. The summed E-state index contributed by atoms with van der Waals surface area (Å²) in [6.45, 7) is 5.20. The monoisotopic (exact) mass is 238 g/mol. The first kappa shape index (κ1) is 12.1. The Balaban J connectivity index is 2.31. The second kappa shape index (κ2) is 4.85. The van der Waals surface area contributed by atoms with Crippen LogP contribution in [0.5, 0.6) is 0 Å². The van der Waals surface area contributed by atoms with Gasteiger partial charge in [0.25, 0.3) is 0 Å². The van der Waals surface area contributed by atoms with Gasteiger partial charge in [-0.15, -0.1) is 0 Å². The normalized spacial score (nSPS) is 24.8. The van der Waals surface area contributed by atoms with Crippen LogP contribution in [0.1, 0.15) is 26.7 Å². The number of rotatable bonds is 2. The van der Waals surface area contributed by atoms with Gasteiger partial charge in [-0.1, -0.05) is 6.92 Å². The fourth-order valence-electron chi connectivity index (χ4n) is 2.31. The molecule has 5 heteroatoms. The van der Waals surface area contributed by atoms with Crippen molar-refractivity contribution < 1.29 is 4.39 Å². The standard InChI is InChI=1S/C12H19FN4/c1-8-5-4-6-17(9(8)2)11-10(13)7-15-12(14-3)16-11/h7-9H,4-6H2,1-3H3,(H,14,15,16). The van der Waals surface area contributed by atoms with Crippen molar-refractivity contribution in [1.82, 2.24) is 9.97 Å². The van der Waals surface area contributed by atoms with E-state index in [2.05, 4.69) is 29.1 Å². The maximum atomic E-state index is 13.8. The molecule has 1 aromatic heterocycles. The average molecular weight is 238 g/mol. The van der Waals surface area contributed by atoms with Crippen LogP contribution < -0.4 is 10.2 Å². The van der Waals surface area contributed by atoms with E-state index in [4.69, 9.17) is 0 Å². The molecule has 1 fully saturated rings. The van der Waals surface area contributed by atoms with Crippen molar-refractivity contribution in [2.24, 2.45) is 5.92 Å². The highest BCUT2D eigenvalue weighted by molar-refractivity contribution is 5.45. The number of anilines is 2. The molecular formula is C12H19FN4. The Hall–Kier alpha value is -1.39. The maximum absolute atomic E-state index is 13.8. The number of halogens is 1. The van der Waals surface area contributed by atoms with Gasteiger partial charge < -0.3 is 10.2 Å². The van der Waals surface area contributed by atoms with Crippen LogP contribution in [0.4, 0.5) is 16.2 Å². The highest BCUT2D eigenvalue weighted by atomic mass is 19.1. The summed E-state index contributed by atoms with van der Waals surface area (Å²) < 4.78 is 13.8. The summed E-state index contributed by atoms with van der Waals surface area (Å²) in [5.41, 5.74) is 0. The Bertz CT molecular complexity index is 396. The molecule has 2 atom stereocenters. The van der Waals surface area contributed by atoms with E-state index >= 15 is 0 Å². The first-order valence-corrected chi connectivity index (χ1v) is 6.10. The number of hydrogen-bond acceptors (Lipinski definition) is 4. The Labute approximate surface area is 101 Å². The van der Waals surface area contributed by atoms with E-state index in [1.807, 2.05) is 4.90 Å². The molecular weight excluding hydrogens is 219 g/mol. The van der Waals surface area contributed by atoms with E-state index in [1.54, 1.807) is 7.05 Å². The van der Waals surface area contributed by atoms with Crippen molar-refractivity contribution in [3.63, 3.8) is 0 Å². The smallest absolute Gasteiger partial charge is 0.224 e. The van der Waals surface area contributed by atoms with Gasteiger partial charge in [0, 0.05) is 19.6 Å². The molecule has 4 nitrogen and oxygen atoms in total. The minimum atomic E-state index is -0.343. The van der Waals surface area contributed by atoms with Crippen molar-refractivity contribution >= 4 is 11.8 Å². The second-order valence-electron chi connectivity index (χ2n) is 4.67. The van der Waals surface area contributed by atoms with Gasteiger partial charge in [0.15, 0.2) is 11.6 Å². The van der Waals surface area contributed by atoms with Crippen molar-refractivity contribution in [3.05, 3.63) is 12.0 Å². The van der Waals surface area contributed by atoms with Crippen LogP contribution in [-0.4, -0.2) is 29.6 Å². The second-order valence-corrected chi connectivity index (χ2v) is 4.67. The molecule has 0 aliphatic carbocycles. The van der Waals surface area contributed by atoms with Crippen molar-refractivity contribution in [2.75, 3.05) is 23.8 Å². The van der Waals surface area contributed by atoms with E-state index in [0.717, 1.165) is 13.0 Å². The van der Waals surface area contributed by atoms with E-state index in [0.29, 0.717) is 23.7 Å². The van der Waals surface area contributed by atoms with Gasteiger partial charge in [0.05, 0.1) is 6.20 Å². The van der Waals surface area contributed by atoms with Crippen LogP contribution in [0.15, 0.2) is 6.20 Å². The third-order valence-corrected chi connectivity index (χ3v) is 3.59. The Morgan fingerprint density at radius 1 is 1.47 bits per heavy atom. The lowest BCUT2D eigenvalue weighted by Gasteiger charge is -2.38. The van der Waals surface area contributed by atoms with E-state index in [1.165, 1.54) is 12.6 Å². The van der Waals surface area contributed by atoms with Crippen LogP contribution in [0.25, 0.3) is 0 Å². The number of nitrogens with zero attached hydrogens (tertiary/aromatic N) is 3. The third kappa shape index (κ3) is 2.33. The van der Waals surface area contributed by atoms with Gasteiger partial charge in [0.1, 0.15) is 0 Å². The Morgan fingerprint density at radius 3 is 2.94 bits per heavy atom. The topological polar surface area (TPSA) is 41.1 Å². The van der Waals surface area contributed by atoms with Gasteiger partial charge >= 0.3 is 0 Å². The maximum Gasteiger partial charge on any atom is 0.224 e. The molecule has 1 aliphatic heterocycles. The van der Waals surface area contributed by atoms with Gasteiger partial charge in [-0.3, -0.25) is 0 Å². The molecule has 0 amide bonds. The molecule has 2 rings (SSSR count).